The Hall–Kier alpha value is -2.78. The summed E-state index contributed by atoms with van der Waals surface area (Å²) in [6.07, 6.45) is 1.59. The molecule has 1 aromatic carbocycles. The van der Waals surface area contributed by atoms with Gasteiger partial charge in [-0.15, -0.1) is 0 Å². The van der Waals surface area contributed by atoms with Crippen molar-refractivity contribution in [1.82, 2.24) is 4.57 Å². The van der Waals surface area contributed by atoms with Crippen molar-refractivity contribution in [2.75, 3.05) is 12.4 Å². The van der Waals surface area contributed by atoms with Crippen LogP contribution in [0.5, 0.6) is 5.75 Å². The molecule has 0 saturated heterocycles. The first-order chi connectivity index (χ1) is 10.1. The number of benzene rings is 1. The Morgan fingerprint density at radius 1 is 1.48 bits per heavy atom. The van der Waals surface area contributed by atoms with Gasteiger partial charge in [0.05, 0.1) is 19.3 Å². The van der Waals surface area contributed by atoms with Gasteiger partial charge in [-0.05, 0) is 24.3 Å². The molecule has 2 N–H and O–H groups in total. The van der Waals surface area contributed by atoms with Crippen molar-refractivity contribution in [2.24, 2.45) is 7.05 Å². The number of anilines is 1. The fourth-order valence-corrected chi connectivity index (χ4v) is 2.03. The van der Waals surface area contributed by atoms with Crippen LogP contribution in [0.1, 0.15) is 21.6 Å². The molecule has 0 aliphatic carbocycles. The second-order valence-corrected chi connectivity index (χ2v) is 4.48. The van der Waals surface area contributed by atoms with E-state index in [9.17, 15) is 9.90 Å². The largest absolute Gasteiger partial charge is 0.496 e. The Morgan fingerprint density at radius 2 is 2.24 bits per heavy atom. The molecule has 1 amide bonds. The van der Waals surface area contributed by atoms with Crippen molar-refractivity contribution < 1.29 is 14.6 Å². The van der Waals surface area contributed by atoms with Crippen LogP contribution < -0.4 is 10.1 Å². The van der Waals surface area contributed by atoms with Gasteiger partial charge in [0.1, 0.15) is 17.5 Å². The summed E-state index contributed by atoms with van der Waals surface area (Å²) in [5.41, 5.74) is 1.94. The molecule has 2 aromatic rings. The number of nitriles is 1. The summed E-state index contributed by atoms with van der Waals surface area (Å²) in [5.74, 6) is 0.231. The minimum Gasteiger partial charge on any atom is -0.496 e. The van der Waals surface area contributed by atoms with E-state index in [0.29, 0.717) is 28.3 Å². The number of nitrogens with zero attached hydrogens (tertiary/aromatic N) is 2. The molecule has 2 rings (SSSR count). The minimum absolute atomic E-state index is 0.185. The molecule has 0 saturated carbocycles. The van der Waals surface area contributed by atoms with Crippen LogP contribution in [-0.4, -0.2) is 22.7 Å². The van der Waals surface area contributed by atoms with E-state index in [1.807, 2.05) is 6.07 Å². The highest BCUT2D eigenvalue weighted by atomic mass is 16.5. The first-order valence-corrected chi connectivity index (χ1v) is 6.24. The molecule has 0 spiro atoms. The van der Waals surface area contributed by atoms with Crippen LogP contribution in [0.3, 0.4) is 0 Å². The minimum atomic E-state index is -0.326. The van der Waals surface area contributed by atoms with Gasteiger partial charge in [-0.2, -0.15) is 5.26 Å². The van der Waals surface area contributed by atoms with E-state index in [4.69, 9.17) is 10.00 Å². The highest BCUT2D eigenvalue weighted by Crippen LogP contribution is 2.23. The van der Waals surface area contributed by atoms with Crippen LogP contribution in [0.15, 0.2) is 30.5 Å². The van der Waals surface area contributed by atoms with Crippen LogP contribution in [0.4, 0.5) is 5.69 Å². The molecule has 108 valence electrons. The number of aliphatic hydroxyl groups excluding tert-OH is 1. The lowest BCUT2D eigenvalue weighted by molar-refractivity contribution is 0.101. The van der Waals surface area contributed by atoms with Crippen LogP contribution in [0.2, 0.25) is 0 Å². The highest BCUT2D eigenvalue weighted by Gasteiger charge is 2.13. The number of hydrogen-bond acceptors (Lipinski definition) is 4. The number of hydrogen-bond donors (Lipinski definition) is 2. The van der Waals surface area contributed by atoms with E-state index in [1.54, 1.807) is 36.0 Å². The van der Waals surface area contributed by atoms with Gasteiger partial charge < -0.3 is 19.7 Å². The Labute approximate surface area is 122 Å². The third-order valence-electron chi connectivity index (χ3n) is 3.08. The number of aliphatic hydroxyl groups is 1. The number of carbonyl (C=O) groups is 1. The summed E-state index contributed by atoms with van der Waals surface area (Å²) in [6.45, 7) is -0.185. The third-order valence-corrected chi connectivity index (χ3v) is 3.08. The van der Waals surface area contributed by atoms with Crippen molar-refractivity contribution in [2.45, 2.75) is 6.61 Å². The number of nitrogens with one attached hydrogen (secondary N) is 1. The zero-order chi connectivity index (χ0) is 15.4. The fraction of sp³-hybridized carbons (Fsp3) is 0.200. The van der Waals surface area contributed by atoms with E-state index >= 15 is 0 Å². The molecule has 6 heteroatoms. The summed E-state index contributed by atoms with van der Waals surface area (Å²) < 4.78 is 6.69. The van der Waals surface area contributed by atoms with Crippen molar-refractivity contribution in [3.8, 4) is 11.8 Å². The molecule has 21 heavy (non-hydrogen) atoms. The second kappa shape index (κ2) is 6.11. The van der Waals surface area contributed by atoms with Crippen LogP contribution >= 0.6 is 0 Å². The predicted molar refractivity (Wildman–Crippen MR) is 77.0 cm³/mol. The van der Waals surface area contributed by atoms with Crippen molar-refractivity contribution >= 4 is 11.6 Å². The lowest BCUT2D eigenvalue weighted by Gasteiger charge is -2.10. The molecule has 0 atom stereocenters. The average Bonchev–Trinajstić information content (AvgIpc) is 2.88. The molecule has 0 aliphatic rings. The number of methoxy groups -OCH3 is 1. The Balaban J connectivity index is 2.23. The van der Waals surface area contributed by atoms with Gasteiger partial charge >= 0.3 is 0 Å². The molecule has 0 unspecified atom stereocenters. The SMILES string of the molecule is COc1ccc(NC(=O)c2cc(C#N)cn2C)cc1CO. The molecule has 0 fully saturated rings. The quantitative estimate of drug-likeness (QED) is 0.894. The van der Waals surface area contributed by atoms with E-state index in [1.165, 1.54) is 13.2 Å². The summed E-state index contributed by atoms with van der Waals surface area (Å²) in [4.78, 5) is 12.2. The zero-order valence-electron chi connectivity index (χ0n) is 11.8. The molecule has 0 radical (unpaired) electrons. The van der Waals surface area contributed by atoms with E-state index < -0.39 is 0 Å². The molecule has 1 aromatic heterocycles. The first-order valence-electron chi connectivity index (χ1n) is 6.24. The predicted octanol–water partition coefficient (Wildman–Crippen LogP) is 1.65. The van der Waals surface area contributed by atoms with Crippen molar-refractivity contribution in [3.63, 3.8) is 0 Å². The van der Waals surface area contributed by atoms with E-state index in [2.05, 4.69) is 5.32 Å². The van der Waals surface area contributed by atoms with Crippen molar-refractivity contribution in [3.05, 3.63) is 47.3 Å². The molecule has 0 aliphatic heterocycles. The molecular weight excluding hydrogens is 270 g/mol. The molecular formula is C15H15N3O3. The summed E-state index contributed by atoms with van der Waals surface area (Å²) >= 11 is 0. The zero-order valence-corrected chi connectivity index (χ0v) is 11.8. The number of aromatic nitrogens is 1. The van der Waals surface area contributed by atoms with Gasteiger partial charge in [-0.3, -0.25) is 4.79 Å². The Bertz CT molecular complexity index is 713. The standard InChI is InChI=1S/C15H15N3O3/c1-18-8-10(7-16)5-13(18)15(20)17-12-3-4-14(21-2)11(6-12)9-19/h3-6,8,19H,9H2,1-2H3,(H,17,20). The number of amides is 1. The van der Waals surface area contributed by atoms with Gasteiger partial charge in [0.2, 0.25) is 0 Å². The topological polar surface area (TPSA) is 87.3 Å². The number of carbonyl (C=O) groups excluding carboxylic acids is 1. The van der Waals surface area contributed by atoms with Crippen LogP contribution in [0, 0.1) is 11.3 Å². The monoisotopic (exact) mass is 285 g/mol. The lowest BCUT2D eigenvalue weighted by Crippen LogP contribution is -2.15. The number of rotatable bonds is 4. The maximum absolute atomic E-state index is 12.2. The fourth-order valence-electron chi connectivity index (χ4n) is 2.03. The van der Waals surface area contributed by atoms with Gasteiger partial charge in [-0.25, -0.2) is 0 Å². The summed E-state index contributed by atoms with van der Waals surface area (Å²) in [5, 5.41) is 20.8. The van der Waals surface area contributed by atoms with E-state index in [0.717, 1.165) is 0 Å². The van der Waals surface area contributed by atoms with Crippen LogP contribution in [0.25, 0.3) is 0 Å². The highest BCUT2D eigenvalue weighted by molar-refractivity contribution is 6.03. The smallest absolute Gasteiger partial charge is 0.272 e. The van der Waals surface area contributed by atoms with Crippen molar-refractivity contribution in [1.29, 1.82) is 5.26 Å². The van der Waals surface area contributed by atoms with Gasteiger partial charge in [0, 0.05) is 24.5 Å². The Kier molecular flexibility index (Phi) is 4.26. The molecule has 1 heterocycles. The van der Waals surface area contributed by atoms with Gasteiger partial charge in [0.15, 0.2) is 0 Å². The maximum Gasteiger partial charge on any atom is 0.272 e. The molecule has 6 nitrogen and oxygen atoms in total. The normalized spacial score (nSPS) is 10.0. The van der Waals surface area contributed by atoms with Gasteiger partial charge in [-0.1, -0.05) is 0 Å². The maximum atomic E-state index is 12.2. The summed E-state index contributed by atoms with van der Waals surface area (Å²) in [7, 11) is 3.21. The van der Waals surface area contributed by atoms with E-state index in [-0.39, 0.29) is 12.5 Å². The first kappa shape index (κ1) is 14.6. The number of ether oxygens (including phenoxy) is 1. The summed E-state index contributed by atoms with van der Waals surface area (Å²) in [6, 6.07) is 8.51. The third kappa shape index (κ3) is 3.04. The van der Waals surface area contributed by atoms with Crippen LogP contribution in [-0.2, 0) is 13.7 Å². The number of aryl methyl sites for hydroxylation is 1. The second-order valence-electron chi connectivity index (χ2n) is 4.48. The lowest BCUT2D eigenvalue weighted by atomic mass is 10.2. The average molecular weight is 285 g/mol. The molecule has 0 bridgehead atoms. The Morgan fingerprint density at radius 3 is 2.81 bits per heavy atom. The van der Waals surface area contributed by atoms with Gasteiger partial charge in [0.25, 0.3) is 5.91 Å².